The van der Waals surface area contributed by atoms with Crippen LogP contribution in [0.25, 0.3) is 0 Å². The second-order valence-electron chi connectivity index (χ2n) is 6.66. The third-order valence-electron chi connectivity index (χ3n) is 5.41. The minimum atomic E-state index is -4.17. The fourth-order valence-corrected chi connectivity index (χ4v) is 3.66. The number of piperazine rings is 1. The number of rotatable bonds is 3. The Kier molecular flexibility index (Phi) is 7.15. The highest BCUT2D eigenvalue weighted by molar-refractivity contribution is 5.85. The summed E-state index contributed by atoms with van der Waals surface area (Å²) < 4.78 is 39.7. The highest BCUT2D eigenvalue weighted by Crippen LogP contribution is 2.39. The maximum atomic E-state index is 13.2. The molecule has 1 aliphatic rings. The predicted octanol–water partition coefficient (Wildman–Crippen LogP) is 4.55. The standard InChI is InChI=1S/C18H27F3N2.ClH/c1-11-12(2)14(4)17(15(5)13(11)3)16(10-18(19,20)21)23-8-6-22-7-9-23;/h16,22H,6-10H2,1-5H3;1H/t16-;/m0./s1. The van der Waals surface area contributed by atoms with Gasteiger partial charge in [-0.2, -0.15) is 13.2 Å². The van der Waals surface area contributed by atoms with Crippen molar-refractivity contribution in [2.45, 2.75) is 53.3 Å². The van der Waals surface area contributed by atoms with Gasteiger partial charge in [0.15, 0.2) is 0 Å². The van der Waals surface area contributed by atoms with Crippen LogP contribution in [0.15, 0.2) is 0 Å². The van der Waals surface area contributed by atoms with Crippen LogP contribution in [-0.4, -0.2) is 37.3 Å². The zero-order chi connectivity index (χ0) is 17.4. The predicted molar refractivity (Wildman–Crippen MR) is 95.2 cm³/mol. The van der Waals surface area contributed by atoms with E-state index in [1.54, 1.807) is 0 Å². The summed E-state index contributed by atoms with van der Waals surface area (Å²) in [6.45, 7) is 12.8. The van der Waals surface area contributed by atoms with Crippen molar-refractivity contribution >= 4 is 12.4 Å². The van der Waals surface area contributed by atoms with Gasteiger partial charge in [-0.1, -0.05) is 0 Å². The van der Waals surface area contributed by atoms with Gasteiger partial charge in [0.25, 0.3) is 0 Å². The first-order valence-electron chi connectivity index (χ1n) is 8.22. The van der Waals surface area contributed by atoms with Gasteiger partial charge in [0.1, 0.15) is 0 Å². The lowest BCUT2D eigenvalue weighted by Crippen LogP contribution is -2.46. The quantitative estimate of drug-likeness (QED) is 0.846. The van der Waals surface area contributed by atoms with E-state index >= 15 is 0 Å². The van der Waals surface area contributed by atoms with E-state index in [0.29, 0.717) is 13.1 Å². The van der Waals surface area contributed by atoms with Gasteiger partial charge in [0.2, 0.25) is 0 Å². The number of halogens is 4. The smallest absolute Gasteiger partial charge is 0.314 e. The molecule has 1 aromatic carbocycles. The van der Waals surface area contributed by atoms with Crippen molar-refractivity contribution in [3.05, 3.63) is 33.4 Å². The highest BCUT2D eigenvalue weighted by atomic mass is 35.5. The first kappa shape index (κ1) is 21.3. The first-order chi connectivity index (χ1) is 10.6. The summed E-state index contributed by atoms with van der Waals surface area (Å²) >= 11 is 0. The van der Waals surface area contributed by atoms with E-state index in [1.165, 1.54) is 5.56 Å². The van der Waals surface area contributed by atoms with Crippen molar-refractivity contribution in [2.24, 2.45) is 0 Å². The Morgan fingerprint density at radius 1 is 0.875 bits per heavy atom. The summed E-state index contributed by atoms with van der Waals surface area (Å²) in [6, 6.07) is -0.588. The minimum Gasteiger partial charge on any atom is -0.314 e. The molecule has 1 heterocycles. The topological polar surface area (TPSA) is 15.3 Å². The summed E-state index contributed by atoms with van der Waals surface area (Å²) in [7, 11) is 0. The molecule has 0 amide bonds. The molecule has 0 aromatic heterocycles. The Balaban J connectivity index is 0.00000288. The maximum Gasteiger partial charge on any atom is 0.390 e. The molecule has 1 saturated heterocycles. The minimum absolute atomic E-state index is 0. The van der Waals surface area contributed by atoms with Crippen LogP contribution in [0.4, 0.5) is 13.2 Å². The van der Waals surface area contributed by atoms with Crippen LogP contribution >= 0.6 is 12.4 Å². The van der Waals surface area contributed by atoms with Crippen molar-refractivity contribution in [2.75, 3.05) is 26.2 Å². The van der Waals surface area contributed by atoms with E-state index in [1.807, 2.05) is 32.6 Å². The zero-order valence-electron chi connectivity index (χ0n) is 15.1. The molecule has 0 spiro atoms. The average molecular weight is 365 g/mol. The molecule has 1 atom stereocenters. The van der Waals surface area contributed by atoms with Gasteiger partial charge in [-0.05, 0) is 68.0 Å². The third kappa shape index (κ3) is 4.44. The average Bonchev–Trinajstić information content (AvgIpc) is 2.50. The summed E-state index contributed by atoms with van der Waals surface area (Å²) in [6.07, 6.45) is -4.95. The Morgan fingerprint density at radius 2 is 1.29 bits per heavy atom. The molecule has 6 heteroatoms. The molecule has 138 valence electrons. The fraction of sp³-hybridized carbons (Fsp3) is 0.667. The molecule has 2 rings (SSSR count). The molecule has 0 aliphatic carbocycles. The number of hydrogen-bond acceptors (Lipinski definition) is 2. The molecule has 1 N–H and O–H groups in total. The summed E-state index contributed by atoms with van der Waals surface area (Å²) in [4.78, 5) is 1.99. The van der Waals surface area contributed by atoms with Crippen LogP contribution in [0.1, 0.15) is 45.8 Å². The van der Waals surface area contributed by atoms with Gasteiger partial charge >= 0.3 is 6.18 Å². The molecule has 1 aliphatic heterocycles. The molecule has 0 unspecified atom stereocenters. The van der Waals surface area contributed by atoms with E-state index in [9.17, 15) is 13.2 Å². The van der Waals surface area contributed by atoms with Gasteiger partial charge < -0.3 is 5.32 Å². The number of benzene rings is 1. The second-order valence-corrected chi connectivity index (χ2v) is 6.66. The van der Waals surface area contributed by atoms with Crippen LogP contribution in [0.5, 0.6) is 0 Å². The molecule has 1 aromatic rings. The molecule has 0 bridgehead atoms. The van der Waals surface area contributed by atoms with E-state index in [4.69, 9.17) is 0 Å². The van der Waals surface area contributed by atoms with E-state index in [-0.39, 0.29) is 12.4 Å². The Hall–Kier alpha value is -0.780. The molecule has 0 radical (unpaired) electrons. The number of alkyl halides is 3. The molecule has 0 saturated carbocycles. The van der Waals surface area contributed by atoms with Crippen LogP contribution in [-0.2, 0) is 0 Å². The monoisotopic (exact) mass is 364 g/mol. The Labute approximate surface area is 149 Å². The number of nitrogens with zero attached hydrogens (tertiary/aromatic N) is 1. The zero-order valence-corrected chi connectivity index (χ0v) is 15.9. The van der Waals surface area contributed by atoms with Gasteiger partial charge in [-0.25, -0.2) is 0 Å². The lowest BCUT2D eigenvalue weighted by molar-refractivity contribution is -0.148. The second kappa shape index (κ2) is 8.07. The summed E-state index contributed by atoms with van der Waals surface area (Å²) in [5.41, 5.74) is 6.33. The number of hydrogen-bond donors (Lipinski definition) is 1. The van der Waals surface area contributed by atoms with E-state index in [0.717, 1.165) is 40.9 Å². The molecule has 24 heavy (non-hydrogen) atoms. The maximum absolute atomic E-state index is 13.2. The largest absolute Gasteiger partial charge is 0.390 e. The number of nitrogens with one attached hydrogen (secondary N) is 1. The van der Waals surface area contributed by atoms with Crippen LogP contribution in [0, 0.1) is 34.6 Å². The van der Waals surface area contributed by atoms with Gasteiger partial charge in [-0.3, -0.25) is 4.90 Å². The van der Waals surface area contributed by atoms with Crippen molar-refractivity contribution in [1.82, 2.24) is 10.2 Å². The van der Waals surface area contributed by atoms with E-state index < -0.39 is 18.6 Å². The third-order valence-corrected chi connectivity index (χ3v) is 5.41. The summed E-state index contributed by atoms with van der Waals surface area (Å²) in [5.74, 6) is 0. The first-order valence-corrected chi connectivity index (χ1v) is 8.22. The molecular weight excluding hydrogens is 337 g/mol. The van der Waals surface area contributed by atoms with Crippen LogP contribution in [0.2, 0.25) is 0 Å². The van der Waals surface area contributed by atoms with Crippen molar-refractivity contribution < 1.29 is 13.2 Å². The fourth-order valence-electron chi connectivity index (χ4n) is 3.66. The van der Waals surface area contributed by atoms with Crippen molar-refractivity contribution in [1.29, 1.82) is 0 Å². The van der Waals surface area contributed by atoms with Crippen molar-refractivity contribution in [3.8, 4) is 0 Å². The lowest BCUT2D eigenvalue weighted by Gasteiger charge is -2.38. The Bertz CT molecular complexity index is 550. The van der Waals surface area contributed by atoms with Gasteiger partial charge in [-0.15, -0.1) is 12.4 Å². The SMILES string of the molecule is Cc1c(C)c(C)c([C@H](CC(F)(F)F)N2CCNCC2)c(C)c1C.Cl. The highest BCUT2D eigenvalue weighted by Gasteiger charge is 2.37. The van der Waals surface area contributed by atoms with Crippen molar-refractivity contribution in [3.63, 3.8) is 0 Å². The van der Waals surface area contributed by atoms with Gasteiger partial charge in [0.05, 0.1) is 6.42 Å². The summed E-state index contributed by atoms with van der Waals surface area (Å²) in [5, 5.41) is 3.22. The normalized spacial score (nSPS) is 17.5. The lowest BCUT2D eigenvalue weighted by atomic mass is 9.84. The van der Waals surface area contributed by atoms with E-state index in [2.05, 4.69) is 12.2 Å². The molecular formula is C18H28ClF3N2. The Morgan fingerprint density at radius 3 is 1.71 bits per heavy atom. The molecule has 1 fully saturated rings. The van der Waals surface area contributed by atoms with Gasteiger partial charge in [0, 0.05) is 32.2 Å². The molecule has 2 nitrogen and oxygen atoms in total. The van der Waals surface area contributed by atoms with Crippen LogP contribution in [0.3, 0.4) is 0 Å². The van der Waals surface area contributed by atoms with Crippen LogP contribution < -0.4 is 5.32 Å².